The van der Waals surface area contributed by atoms with E-state index in [1.54, 1.807) is 0 Å². The highest BCUT2D eigenvalue weighted by Gasteiger charge is 2.12. The highest BCUT2D eigenvalue weighted by Crippen LogP contribution is 2.31. The average molecular weight is 250 g/mol. The fourth-order valence-corrected chi connectivity index (χ4v) is 1.94. The first-order valence-corrected chi connectivity index (χ1v) is 6.11. The lowest BCUT2D eigenvalue weighted by Gasteiger charge is -2.05. The monoisotopic (exact) mass is 249 g/mol. The van der Waals surface area contributed by atoms with Crippen LogP contribution in [0, 0.1) is 6.92 Å². The molecule has 0 fully saturated rings. The third-order valence-corrected chi connectivity index (χ3v) is 3.15. The summed E-state index contributed by atoms with van der Waals surface area (Å²) < 4.78 is 5.75. The van der Waals surface area contributed by atoms with Crippen LogP contribution in [0.1, 0.15) is 30.7 Å². The maximum absolute atomic E-state index is 6.16. The van der Waals surface area contributed by atoms with Gasteiger partial charge in [-0.2, -0.15) is 0 Å². The van der Waals surface area contributed by atoms with Crippen molar-refractivity contribution >= 4 is 11.6 Å². The zero-order valence-electron chi connectivity index (χ0n) is 10.0. The molecule has 2 aromatic rings. The van der Waals surface area contributed by atoms with E-state index in [9.17, 15) is 0 Å². The first-order chi connectivity index (χ1) is 8.11. The van der Waals surface area contributed by atoms with Crippen LogP contribution in [0.4, 0.5) is 0 Å². The van der Waals surface area contributed by atoms with Gasteiger partial charge in [0.2, 0.25) is 0 Å². The lowest BCUT2D eigenvalue weighted by molar-refractivity contribution is 0.470. The van der Waals surface area contributed by atoms with Crippen molar-refractivity contribution in [3.05, 3.63) is 46.7 Å². The molecule has 1 aromatic carbocycles. The van der Waals surface area contributed by atoms with E-state index in [2.05, 4.69) is 0 Å². The maximum Gasteiger partial charge on any atom is 0.135 e. The predicted octanol–water partition coefficient (Wildman–Crippen LogP) is 4.32. The molecular formula is C14H16ClNO. The van der Waals surface area contributed by atoms with Crippen LogP contribution in [0.5, 0.6) is 0 Å². The van der Waals surface area contributed by atoms with Crippen molar-refractivity contribution in [3.8, 4) is 11.3 Å². The molecule has 2 nitrogen and oxygen atoms in total. The van der Waals surface area contributed by atoms with Gasteiger partial charge in [0, 0.05) is 5.56 Å². The highest BCUT2D eigenvalue weighted by atomic mass is 35.5. The normalized spacial score (nSPS) is 12.7. The Morgan fingerprint density at radius 3 is 2.76 bits per heavy atom. The van der Waals surface area contributed by atoms with Gasteiger partial charge in [0.25, 0.3) is 0 Å². The summed E-state index contributed by atoms with van der Waals surface area (Å²) in [4.78, 5) is 0. The molecule has 2 N–H and O–H groups in total. The Kier molecular flexibility index (Phi) is 3.55. The molecule has 0 amide bonds. The molecule has 0 bridgehead atoms. The molecule has 1 aromatic heterocycles. The minimum Gasteiger partial charge on any atom is -0.459 e. The second-order valence-corrected chi connectivity index (χ2v) is 4.61. The molecule has 0 aliphatic rings. The molecule has 0 radical (unpaired) electrons. The fourth-order valence-electron chi connectivity index (χ4n) is 1.73. The Morgan fingerprint density at radius 1 is 1.29 bits per heavy atom. The Bertz CT molecular complexity index is 519. The third kappa shape index (κ3) is 2.54. The van der Waals surface area contributed by atoms with Crippen molar-refractivity contribution in [2.75, 3.05) is 0 Å². The van der Waals surface area contributed by atoms with E-state index in [1.807, 2.05) is 44.2 Å². The molecule has 0 saturated heterocycles. The minimum atomic E-state index is -0.0488. The van der Waals surface area contributed by atoms with E-state index >= 15 is 0 Å². The Hall–Kier alpha value is -1.25. The number of nitrogens with two attached hydrogens (primary N) is 1. The molecule has 2 rings (SSSR count). The third-order valence-electron chi connectivity index (χ3n) is 2.82. The number of hydrogen-bond acceptors (Lipinski definition) is 2. The molecule has 0 aliphatic heterocycles. The van der Waals surface area contributed by atoms with Crippen molar-refractivity contribution in [3.63, 3.8) is 0 Å². The molecule has 3 heteroatoms. The number of halogens is 1. The lowest BCUT2D eigenvalue weighted by atomic mass is 10.1. The average Bonchev–Trinajstić information content (AvgIpc) is 2.80. The van der Waals surface area contributed by atoms with Crippen LogP contribution in [-0.4, -0.2) is 0 Å². The smallest absolute Gasteiger partial charge is 0.135 e. The van der Waals surface area contributed by atoms with Gasteiger partial charge in [-0.1, -0.05) is 30.2 Å². The van der Waals surface area contributed by atoms with Crippen molar-refractivity contribution in [1.82, 2.24) is 0 Å². The van der Waals surface area contributed by atoms with Crippen molar-refractivity contribution in [1.29, 1.82) is 0 Å². The zero-order chi connectivity index (χ0) is 12.4. The topological polar surface area (TPSA) is 39.2 Å². The van der Waals surface area contributed by atoms with Gasteiger partial charge in [-0.15, -0.1) is 0 Å². The first kappa shape index (κ1) is 12.2. The summed E-state index contributed by atoms with van der Waals surface area (Å²) in [6.07, 6.45) is 0.856. The molecule has 1 unspecified atom stereocenters. The summed E-state index contributed by atoms with van der Waals surface area (Å²) in [5.41, 5.74) is 8.00. The Morgan fingerprint density at radius 2 is 2.06 bits per heavy atom. The predicted molar refractivity (Wildman–Crippen MR) is 71.1 cm³/mol. The second-order valence-electron chi connectivity index (χ2n) is 4.20. The largest absolute Gasteiger partial charge is 0.459 e. The van der Waals surface area contributed by atoms with Gasteiger partial charge in [0.15, 0.2) is 0 Å². The van der Waals surface area contributed by atoms with Gasteiger partial charge in [-0.3, -0.25) is 0 Å². The summed E-state index contributed by atoms with van der Waals surface area (Å²) in [5, 5.41) is 0.696. The van der Waals surface area contributed by atoms with E-state index in [4.69, 9.17) is 21.8 Å². The van der Waals surface area contributed by atoms with E-state index in [0.29, 0.717) is 5.02 Å². The molecule has 1 heterocycles. The summed E-state index contributed by atoms with van der Waals surface area (Å²) in [6, 6.07) is 9.67. The van der Waals surface area contributed by atoms with Crippen LogP contribution in [0.3, 0.4) is 0 Å². The van der Waals surface area contributed by atoms with Crippen molar-refractivity contribution in [2.24, 2.45) is 5.73 Å². The number of hydrogen-bond donors (Lipinski definition) is 1. The second kappa shape index (κ2) is 4.94. The highest BCUT2D eigenvalue weighted by molar-refractivity contribution is 6.33. The van der Waals surface area contributed by atoms with Gasteiger partial charge in [0.1, 0.15) is 11.5 Å². The number of benzene rings is 1. The van der Waals surface area contributed by atoms with Gasteiger partial charge in [0.05, 0.1) is 11.1 Å². The Labute approximate surface area is 106 Å². The van der Waals surface area contributed by atoms with Gasteiger partial charge in [-0.05, 0) is 37.6 Å². The van der Waals surface area contributed by atoms with Gasteiger partial charge >= 0.3 is 0 Å². The molecule has 17 heavy (non-hydrogen) atoms. The molecule has 90 valence electrons. The summed E-state index contributed by atoms with van der Waals surface area (Å²) in [7, 11) is 0. The van der Waals surface area contributed by atoms with Crippen LogP contribution in [0.15, 0.2) is 34.7 Å². The van der Waals surface area contributed by atoms with Crippen LogP contribution in [0.2, 0.25) is 5.02 Å². The molecule has 0 aliphatic carbocycles. The van der Waals surface area contributed by atoms with E-state index < -0.39 is 0 Å². The standard InChI is InChI=1S/C14H16ClNO/c1-3-12(16)14-7-6-13(17-14)10-8-9(2)4-5-11(10)15/h4-8,12H,3,16H2,1-2H3. The van der Waals surface area contributed by atoms with Gasteiger partial charge in [-0.25, -0.2) is 0 Å². The summed E-state index contributed by atoms with van der Waals surface area (Å²) in [6.45, 7) is 4.06. The number of furan rings is 1. The molecular weight excluding hydrogens is 234 g/mol. The van der Waals surface area contributed by atoms with Crippen molar-refractivity contribution in [2.45, 2.75) is 26.3 Å². The molecule has 0 spiro atoms. The zero-order valence-corrected chi connectivity index (χ0v) is 10.8. The quantitative estimate of drug-likeness (QED) is 0.880. The summed E-state index contributed by atoms with van der Waals surface area (Å²) in [5.74, 6) is 1.58. The number of rotatable bonds is 3. The van der Waals surface area contributed by atoms with Crippen LogP contribution in [0.25, 0.3) is 11.3 Å². The van der Waals surface area contributed by atoms with Crippen LogP contribution < -0.4 is 5.73 Å². The molecule has 0 saturated carbocycles. The number of aryl methyl sites for hydroxylation is 1. The maximum atomic E-state index is 6.16. The SMILES string of the molecule is CCC(N)c1ccc(-c2cc(C)ccc2Cl)o1. The minimum absolute atomic E-state index is 0.0488. The van der Waals surface area contributed by atoms with Gasteiger partial charge < -0.3 is 10.2 Å². The summed E-state index contributed by atoms with van der Waals surface area (Å²) >= 11 is 6.16. The Balaban J connectivity index is 2.40. The lowest BCUT2D eigenvalue weighted by Crippen LogP contribution is -2.06. The van der Waals surface area contributed by atoms with Crippen LogP contribution in [-0.2, 0) is 0 Å². The van der Waals surface area contributed by atoms with E-state index in [1.165, 1.54) is 0 Å². The fraction of sp³-hybridized carbons (Fsp3) is 0.286. The van der Waals surface area contributed by atoms with E-state index in [-0.39, 0.29) is 6.04 Å². The molecule has 1 atom stereocenters. The van der Waals surface area contributed by atoms with E-state index in [0.717, 1.165) is 29.1 Å². The van der Waals surface area contributed by atoms with Crippen molar-refractivity contribution < 1.29 is 4.42 Å². The van der Waals surface area contributed by atoms with Crippen LogP contribution >= 0.6 is 11.6 Å². The first-order valence-electron chi connectivity index (χ1n) is 5.73.